The van der Waals surface area contributed by atoms with Gasteiger partial charge in [0, 0.05) is 12.6 Å². The van der Waals surface area contributed by atoms with Gasteiger partial charge >= 0.3 is 5.97 Å². The average Bonchev–Trinajstić information content (AvgIpc) is 3.31. The number of ether oxygens (including phenoxy) is 2. The Bertz CT molecular complexity index is 1010. The Hall–Kier alpha value is -3.07. The smallest absolute Gasteiger partial charge is 0.305 e. The molecule has 198 valence electrons. The lowest BCUT2D eigenvalue weighted by Crippen LogP contribution is -2.40. The van der Waals surface area contributed by atoms with E-state index in [0.717, 1.165) is 32.5 Å². The van der Waals surface area contributed by atoms with Gasteiger partial charge in [-0.3, -0.25) is 14.3 Å². The van der Waals surface area contributed by atoms with Gasteiger partial charge in [-0.1, -0.05) is 26.3 Å². The Morgan fingerprint density at radius 1 is 1.08 bits per heavy atom. The van der Waals surface area contributed by atoms with Crippen molar-refractivity contribution in [3.8, 4) is 22.8 Å². The van der Waals surface area contributed by atoms with Crippen LogP contribution in [0.5, 0.6) is 11.5 Å². The number of carboxylic acids is 1. The van der Waals surface area contributed by atoms with E-state index < -0.39 is 12.0 Å². The Morgan fingerprint density at radius 3 is 2.28 bits per heavy atom. The van der Waals surface area contributed by atoms with Crippen LogP contribution in [0.1, 0.15) is 69.4 Å². The average molecular weight is 501 g/mol. The summed E-state index contributed by atoms with van der Waals surface area (Å²) in [4.78, 5) is 27.2. The van der Waals surface area contributed by atoms with Gasteiger partial charge in [-0.15, -0.1) is 0 Å². The van der Waals surface area contributed by atoms with E-state index in [4.69, 9.17) is 9.47 Å². The molecule has 1 amide bonds. The highest BCUT2D eigenvalue weighted by molar-refractivity contribution is 5.94. The number of likely N-dealkylation sites (tertiary alicyclic amines) is 1. The fourth-order valence-electron chi connectivity index (χ4n) is 4.61. The molecule has 1 aliphatic heterocycles. The molecule has 2 N–H and O–H groups in total. The number of aliphatic carboxylic acids is 1. The number of carboxylic acid groups (broad SMARTS) is 1. The summed E-state index contributed by atoms with van der Waals surface area (Å²) in [6.45, 7) is 9.06. The summed E-state index contributed by atoms with van der Waals surface area (Å²) < 4.78 is 13.1. The van der Waals surface area contributed by atoms with Crippen molar-refractivity contribution >= 4 is 11.9 Å². The number of amides is 1. The topological polar surface area (TPSA) is 106 Å². The highest BCUT2D eigenvalue weighted by Crippen LogP contribution is 2.40. The van der Waals surface area contributed by atoms with Gasteiger partial charge < -0.3 is 24.8 Å². The van der Waals surface area contributed by atoms with Crippen LogP contribution in [0.3, 0.4) is 0 Å². The highest BCUT2D eigenvalue weighted by atomic mass is 16.5. The number of carbonyl (C=O) groups is 2. The second-order valence-electron chi connectivity index (χ2n) is 9.84. The van der Waals surface area contributed by atoms with Crippen molar-refractivity contribution in [2.24, 2.45) is 5.92 Å². The first-order chi connectivity index (χ1) is 17.2. The standard InChI is InChI=1S/C27H40N4O5/c1-18(2)19(3)31-22(26-23(35-4)10-9-11-24(26)36-5)17-21(29-31)27(34)28-20(16-25(32)33)12-15-30-13-7-6-8-14-30/h9-11,17-20H,6-8,12-16H2,1-5H3,(H,28,34)(H,32,33)/t19?,20-/m0/s1. The lowest BCUT2D eigenvalue weighted by atomic mass is 10.0. The minimum absolute atomic E-state index is 0.00918. The maximum Gasteiger partial charge on any atom is 0.305 e. The fourth-order valence-corrected chi connectivity index (χ4v) is 4.61. The van der Waals surface area contributed by atoms with Crippen molar-refractivity contribution in [1.82, 2.24) is 20.0 Å². The first kappa shape index (κ1) is 27.5. The van der Waals surface area contributed by atoms with Crippen LogP contribution in [-0.2, 0) is 4.79 Å². The van der Waals surface area contributed by atoms with Crippen molar-refractivity contribution in [1.29, 1.82) is 0 Å². The number of nitrogens with one attached hydrogen (secondary N) is 1. The van der Waals surface area contributed by atoms with E-state index in [1.807, 2.05) is 22.9 Å². The zero-order chi connectivity index (χ0) is 26.2. The molecule has 1 aliphatic rings. The molecule has 0 spiro atoms. The molecule has 0 aliphatic carbocycles. The fraction of sp³-hybridized carbons (Fsp3) is 0.593. The number of nitrogens with zero attached hydrogens (tertiary/aromatic N) is 3. The van der Waals surface area contributed by atoms with E-state index in [2.05, 4.69) is 36.1 Å². The summed E-state index contributed by atoms with van der Waals surface area (Å²) in [5.74, 6) is 0.166. The van der Waals surface area contributed by atoms with Gasteiger partial charge in [0.05, 0.1) is 37.9 Å². The van der Waals surface area contributed by atoms with Crippen LogP contribution in [0.25, 0.3) is 11.3 Å². The zero-order valence-corrected chi connectivity index (χ0v) is 22.1. The second kappa shape index (κ2) is 12.8. The third kappa shape index (κ3) is 6.78. The van der Waals surface area contributed by atoms with Crippen LogP contribution in [-0.4, -0.2) is 71.6 Å². The number of hydrogen-bond donors (Lipinski definition) is 2. The van der Waals surface area contributed by atoms with Crippen molar-refractivity contribution in [3.05, 3.63) is 30.0 Å². The van der Waals surface area contributed by atoms with Crippen molar-refractivity contribution < 1.29 is 24.2 Å². The summed E-state index contributed by atoms with van der Waals surface area (Å²) in [6, 6.07) is 6.78. The van der Waals surface area contributed by atoms with Crippen LogP contribution >= 0.6 is 0 Å². The molecule has 1 aromatic carbocycles. The molecule has 0 saturated carbocycles. The lowest BCUT2D eigenvalue weighted by Gasteiger charge is -2.28. The van der Waals surface area contributed by atoms with E-state index in [0.29, 0.717) is 29.2 Å². The Balaban J connectivity index is 1.90. The van der Waals surface area contributed by atoms with Crippen LogP contribution in [0, 0.1) is 5.92 Å². The van der Waals surface area contributed by atoms with Gasteiger partial charge in [0.1, 0.15) is 11.5 Å². The maximum atomic E-state index is 13.3. The molecule has 1 aromatic heterocycles. The van der Waals surface area contributed by atoms with Gasteiger partial charge in [-0.2, -0.15) is 5.10 Å². The second-order valence-corrected chi connectivity index (χ2v) is 9.84. The lowest BCUT2D eigenvalue weighted by molar-refractivity contribution is -0.137. The molecule has 3 rings (SSSR count). The van der Waals surface area contributed by atoms with Gasteiger partial charge in [0.25, 0.3) is 5.91 Å². The Kier molecular flexibility index (Phi) is 9.75. The molecule has 1 fully saturated rings. The van der Waals surface area contributed by atoms with Crippen LogP contribution in [0.15, 0.2) is 24.3 Å². The number of methoxy groups -OCH3 is 2. The minimum atomic E-state index is -0.933. The number of benzene rings is 1. The predicted octanol–water partition coefficient (Wildman–Crippen LogP) is 4.23. The Morgan fingerprint density at radius 2 is 1.72 bits per heavy atom. The van der Waals surface area contributed by atoms with Gasteiger partial charge in [0.2, 0.25) is 0 Å². The third-order valence-electron chi connectivity index (χ3n) is 7.00. The quantitative estimate of drug-likeness (QED) is 0.449. The number of carbonyl (C=O) groups excluding carboxylic acids is 1. The van der Waals surface area contributed by atoms with E-state index in [9.17, 15) is 14.7 Å². The number of piperidine rings is 1. The maximum absolute atomic E-state index is 13.3. The first-order valence-corrected chi connectivity index (χ1v) is 12.8. The summed E-state index contributed by atoms with van der Waals surface area (Å²) >= 11 is 0. The molecular weight excluding hydrogens is 460 g/mol. The van der Waals surface area contributed by atoms with Gasteiger partial charge in [-0.05, 0) is 63.4 Å². The predicted molar refractivity (Wildman–Crippen MR) is 139 cm³/mol. The van der Waals surface area contributed by atoms with Crippen LogP contribution in [0.4, 0.5) is 0 Å². The molecule has 2 heterocycles. The molecule has 0 radical (unpaired) electrons. The molecule has 0 bridgehead atoms. The summed E-state index contributed by atoms with van der Waals surface area (Å²) in [5, 5.41) is 17.1. The molecule has 2 aromatic rings. The number of aromatic nitrogens is 2. The number of rotatable bonds is 12. The number of hydrogen-bond acceptors (Lipinski definition) is 6. The normalized spacial score (nSPS) is 15.9. The van der Waals surface area contributed by atoms with Crippen molar-refractivity contribution in [3.63, 3.8) is 0 Å². The Labute approximate surface area is 213 Å². The minimum Gasteiger partial charge on any atom is -0.496 e. The van der Waals surface area contributed by atoms with Gasteiger partial charge in [0.15, 0.2) is 5.69 Å². The largest absolute Gasteiger partial charge is 0.496 e. The zero-order valence-electron chi connectivity index (χ0n) is 22.1. The molecule has 9 heteroatoms. The van der Waals surface area contributed by atoms with E-state index >= 15 is 0 Å². The van der Waals surface area contributed by atoms with E-state index in [1.54, 1.807) is 20.3 Å². The van der Waals surface area contributed by atoms with E-state index in [1.165, 1.54) is 6.42 Å². The van der Waals surface area contributed by atoms with Crippen molar-refractivity contribution in [2.45, 2.75) is 65.0 Å². The monoisotopic (exact) mass is 500 g/mol. The highest BCUT2D eigenvalue weighted by Gasteiger charge is 2.26. The first-order valence-electron chi connectivity index (χ1n) is 12.8. The molecule has 1 unspecified atom stereocenters. The molecule has 2 atom stereocenters. The van der Waals surface area contributed by atoms with Gasteiger partial charge in [-0.25, -0.2) is 0 Å². The third-order valence-corrected chi connectivity index (χ3v) is 7.00. The van der Waals surface area contributed by atoms with Crippen LogP contribution in [0.2, 0.25) is 0 Å². The molecule has 1 saturated heterocycles. The summed E-state index contributed by atoms with van der Waals surface area (Å²) in [5.41, 5.74) is 1.66. The molecule has 9 nitrogen and oxygen atoms in total. The molecular formula is C27H40N4O5. The van der Waals surface area contributed by atoms with Crippen molar-refractivity contribution in [2.75, 3.05) is 33.9 Å². The summed E-state index contributed by atoms with van der Waals surface area (Å²) in [6.07, 6.45) is 4.01. The van der Waals surface area contributed by atoms with E-state index in [-0.39, 0.29) is 30.0 Å². The summed E-state index contributed by atoms with van der Waals surface area (Å²) in [7, 11) is 3.19. The SMILES string of the molecule is COc1cccc(OC)c1-c1cc(C(=O)N[C@@H](CCN2CCCCC2)CC(=O)O)nn1C(C)C(C)C. The van der Waals surface area contributed by atoms with Crippen LogP contribution < -0.4 is 14.8 Å². The molecule has 36 heavy (non-hydrogen) atoms.